The molecule has 0 aliphatic heterocycles. The maximum atomic E-state index is 13.8. The molecule has 1 unspecified atom stereocenters. The van der Waals surface area contributed by atoms with E-state index in [0.29, 0.717) is 22.2 Å². The van der Waals surface area contributed by atoms with Gasteiger partial charge in [0.15, 0.2) is 0 Å². The Morgan fingerprint density at radius 3 is 2.25 bits per heavy atom. The molecule has 0 spiro atoms. The van der Waals surface area contributed by atoms with E-state index in [2.05, 4.69) is 5.32 Å². The molecule has 1 atom stereocenters. The molecule has 3 aromatic carbocycles. The predicted molar refractivity (Wildman–Crippen MR) is 141 cm³/mol. The van der Waals surface area contributed by atoms with E-state index in [1.807, 2.05) is 37.3 Å². The van der Waals surface area contributed by atoms with Crippen LogP contribution in [0.15, 0.2) is 72.8 Å². The zero-order valence-corrected chi connectivity index (χ0v) is 21.3. The molecule has 0 heterocycles. The minimum Gasteiger partial charge on any atom is -0.354 e. The molecule has 0 bridgehead atoms. The van der Waals surface area contributed by atoms with Crippen LogP contribution in [0.4, 0.5) is 5.69 Å². The van der Waals surface area contributed by atoms with Gasteiger partial charge in [-0.3, -0.25) is 19.7 Å². The van der Waals surface area contributed by atoms with E-state index in [4.69, 9.17) is 23.2 Å². The molecule has 0 fully saturated rings. The van der Waals surface area contributed by atoms with Gasteiger partial charge in [-0.2, -0.15) is 0 Å². The molecule has 9 heteroatoms. The van der Waals surface area contributed by atoms with Crippen molar-refractivity contribution in [3.8, 4) is 0 Å². The monoisotopic (exact) mass is 527 g/mol. The van der Waals surface area contributed by atoms with Crippen molar-refractivity contribution >= 4 is 40.7 Å². The SMILES string of the molecule is CCCNC(=O)C(Cc1ccccc1)N(Cc1c(Cl)cccc1Cl)C(=O)Cc1ccccc1[N+](=O)[O-]. The zero-order valence-electron chi connectivity index (χ0n) is 19.8. The predicted octanol–water partition coefficient (Wildman–Crippen LogP) is 5.61. The van der Waals surface area contributed by atoms with Gasteiger partial charge in [0.1, 0.15) is 6.04 Å². The van der Waals surface area contributed by atoms with Crippen LogP contribution in [-0.2, 0) is 29.0 Å². The lowest BCUT2D eigenvalue weighted by Crippen LogP contribution is -2.51. The molecule has 0 aromatic heterocycles. The largest absolute Gasteiger partial charge is 0.354 e. The number of nitro groups is 1. The lowest BCUT2D eigenvalue weighted by Gasteiger charge is -2.32. The van der Waals surface area contributed by atoms with Crippen molar-refractivity contribution in [3.05, 3.63) is 110 Å². The molecule has 0 radical (unpaired) electrons. The topological polar surface area (TPSA) is 92.6 Å². The highest BCUT2D eigenvalue weighted by molar-refractivity contribution is 6.36. The number of carbonyl (C=O) groups is 2. The van der Waals surface area contributed by atoms with Crippen molar-refractivity contribution < 1.29 is 14.5 Å². The molecular formula is C27H27Cl2N3O4. The van der Waals surface area contributed by atoms with Crippen LogP contribution in [0.1, 0.15) is 30.0 Å². The van der Waals surface area contributed by atoms with Gasteiger partial charge in [-0.1, -0.05) is 84.7 Å². The van der Waals surface area contributed by atoms with Gasteiger partial charge in [0.05, 0.1) is 11.3 Å². The summed E-state index contributed by atoms with van der Waals surface area (Å²) in [6.45, 7) is 2.35. The molecule has 2 amide bonds. The van der Waals surface area contributed by atoms with Crippen LogP contribution in [0.3, 0.4) is 0 Å². The van der Waals surface area contributed by atoms with Gasteiger partial charge in [-0.15, -0.1) is 0 Å². The third kappa shape index (κ3) is 7.06. The lowest BCUT2D eigenvalue weighted by molar-refractivity contribution is -0.385. The van der Waals surface area contributed by atoms with Crippen molar-refractivity contribution in [1.82, 2.24) is 10.2 Å². The molecule has 0 saturated heterocycles. The zero-order chi connectivity index (χ0) is 26.1. The number of halogens is 2. The van der Waals surface area contributed by atoms with Gasteiger partial charge in [-0.25, -0.2) is 0 Å². The standard InChI is InChI=1S/C27H27Cl2N3O4/c1-2-15-30-27(34)25(16-19-9-4-3-5-10-19)31(18-21-22(28)12-8-13-23(21)29)26(33)17-20-11-6-7-14-24(20)32(35)36/h3-14,25H,2,15-18H2,1H3,(H,30,34). The molecule has 1 N–H and O–H groups in total. The normalized spacial score (nSPS) is 11.5. The van der Waals surface area contributed by atoms with Gasteiger partial charge in [-0.05, 0) is 24.1 Å². The number of nitrogens with zero attached hydrogens (tertiary/aromatic N) is 2. The second-order valence-electron chi connectivity index (χ2n) is 8.28. The quantitative estimate of drug-likeness (QED) is 0.259. The molecule has 36 heavy (non-hydrogen) atoms. The molecule has 0 aliphatic rings. The van der Waals surface area contributed by atoms with Crippen molar-refractivity contribution in [1.29, 1.82) is 0 Å². The fraction of sp³-hybridized carbons (Fsp3) is 0.259. The van der Waals surface area contributed by atoms with Crippen molar-refractivity contribution in [3.63, 3.8) is 0 Å². The van der Waals surface area contributed by atoms with Crippen LogP contribution in [0.2, 0.25) is 10.0 Å². The summed E-state index contributed by atoms with van der Waals surface area (Å²) in [5.41, 5.74) is 1.47. The Morgan fingerprint density at radius 2 is 1.61 bits per heavy atom. The number of nitro benzene ring substituents is 1. The number of benzene rings is 3. The molecule has 0 aliphatic carbocycles. The number of nitrogens with one attached hydrogen (secondary N) is 1. The van der Waals surface area contributed by atoms with E-state index >= 15 is 0 Å². The van der Waals surface area contributed by atoms with Crippen LogP contribution in [-0.4, -0.2) is 34.2 Å². The van der Waals surface area contributed by atoms with Crippen molar-refractivity contribution in [2.24, 2.45) is 0 Å². The van der Waals surface area contributed by atoms with Crippen LogP contribution in [0, 0.1) is 10.1 Å². The summed E-state index contributed by atoms with van der Waals surface area (Å²) in [6, 6.07) is 19.6. The third-order valence-electron chi connectivity index (χ3n) is 5.74. The van der Waals surface area contributed by atoms with Crippen LogP contribution in [0.5, 0.6) is 0 Å². The van der Waals surface area contributed by atoms with Crippen molar-refractivity contribution in [2.45, 2.75) is 38.8 Å². The second kappa shape index (κ2) is 13.0. The summed E-state index contributed by atoms with van der Waals surface area (Å²) < 4.78 is 0. The Bertz CT molecular complexity index is 1200. The van der Waals surface area contributed by atoms with Gasteiger partial charge >= 0.3 is 0 Å². The average molecular weight is 528 g/mol. The molecular weight excluding hydrogens is 501 g/mol. The molecule has 7 nitrogen and oxygen atoms in total. The Morgan fingerprint density at radius 1 is 0.972 bits per heavy atom. The van der Waals surface area contributed by atoms with Crippen molar-refractivity contribution in [2.75, 3.05) is 6.54 Å². The van der Waals surface area contributed by atoms with Gasteiger partial charge in [0.2, 0.25) is 11.8 Å². The van der Waals surface area contributed by atoms with E-state index in [-0.39, 0.29) is 36.5 Å². The fourth-order valence-corrected chi connectivity index (χ4v) is 4.39. The third-order valence-corrected chi connectivity index (χ3v) is 6.45. The first-order chi connectivity index (χ1) is 17.3. The second-order valence-corrected chi connectivity index (χ2v) is 9.10. The van der Waals surface area contributed by atoms with Crippen LogP contribution < -0.4 is 5.32 Å². The Kier molecular flexibility index (Phi) is 9.85. The minimum atomic E-state index is -0.887. The van der Waals surface area contributed by atoms with Crippen LogP contribution in [0.25, 0.3) is 0 Å². The van der Waals surface area contributed by atoms with E-state index in [1.54, 1.807) is 36.4 Å². The number of rotatable bonds is 11. The summed E-state index contributed by atoms with van der Waals surface area (Å²) in [5, 5.41) is 15.1. The van der Waals surface area contributed by atoms with Gasteiger partial charge < -0.3 is 10.2 Å². The first-order valence-corrected chi connectivity index (χ1v) is 12.3. The van der Waals surface area contributed by atoms with Gasteiger partial charge in [0, 0.05) is 46.7 Å². The highest BCUT2D eigenvalue weighted by atomic mass is 35.5. The number of para-hydroxylation sites is 1. The lowest BCUT2D eigenvalue weighted by atomic mass is 10.0. The minimum absolute atomic E-state index is 0.0327. The number of amides is 2. The first kappa shape index (κ1) is 27.2. The van der Waals surface area contributed by atoms with E-state index in [9.17, 15) is 19.7 Å². The molecule has 0 saturated carbocycles. The van der Waals surface area contributed by atoms with E-state index < -0.39 is 16.9 Å². The maximum Gasteiger partial charge on any atom is 0.273 e. The maximum absolute atomic E-state index is 13.8. The summed E-state index contributed by atoms with van der Waals surface area (Å²) in [5.74, 6) is -0.771. The first-order valence-electron chi connectivity index (χ1n) is 11.6. The van der Waals surface area contributed by atoms with Crippen LogP contribution >= 0.6 is 23.2 Å². The molecule has 3 rings (SSSR count). The van der Waals surface area contributed by atoms with E-state index in [1.165, 1.54) is 11.0 Å². The number of hydrogen-bond donors (Lipinski definition) is 1. The smallest absolute Gasteiger partial charge is 0.273 e. The highest BCUT2D eigenvalue weighted by Gasteiger charge is 2.32. The summed E-state index contributed by atoms with van der Waals surface area (Å²) in [4.78, 5) is 39.6. The Labute approximate surface area is 220 Å². The summed E-state index contributed by atoms with van der Waals surface area (Å²) in [6.07, 6.45) is 0.719. The number of carbonyl (C=O) groups excluding carboxylic acids is 2. The van der Waals surface area contributed by atoms with Gasteiger partial charge in [0.25, 0.3) is 5.69 Å². The summed E-state index contributed by atoms with van der Waals surface area (Å²) >= 11 is 12.8. The summed E-state index contributed by atoms with van der Waals surface area (Å²) in [7, 11) is 0. The molecule has 188 valence electrons. The number of hydrogen-bond acceptors (Lipinski definition) is 4. The highest BCUT2D eigenvalue weighted by Crippen LogP contribution is 2.28. The van der Waals surface area contributed by atoms with E-state index in [0.717, 1.165) is 12.0 Å². The Hall–Kier alpha value is -3.42. The fourth-order valence-electron chi connectivity index (χ4n) is 3.88. The Balaban J connectivity index is 2.05. The average Bonchev–Trinajstić information content (AvgIpc) is 2.87. The molecule has 3 aromatic rings.